The zero-order valence-corrected chi connectivity index (χ0v) is 20.8. The van der Waals surface area contributed by atoms with Crippen molar-refractivity contribution in [2.45, 2.75) is 147 Å². The Morgan fingerprint density at radius 3 is 1.59 bits per heavy atom. The predicted molar refractivity (Wildman–Crippen MR) is 132 cm³/mol. The van der Waals surface area contributed by atoms with Gasteiger partial charge in [0.25, 0.3) is 0 Å². The van der Waals surface area contributed by atoms with Crippen molar-refractivity contribution in [2.75, 3.05) is 13.2 Å². The summed E-state index contributed by atoms with van der Waals surface area (Å²) in [5.41, 5.74) is 0. The fraction of sp³-hybridized carbons (Fsp3) is 0.926. The van der Waals surface area contributed by atoms with Crippen LogP contribution in [-0.2, 0) is 9.47 Å². The second kappa shape index (κ2) is 21.1. The molecule has 0 aliphatic carbocycles. The van der Waals surface area contributed by atoms with E-state index in [-0.39, 0.29) is 6.61 Å². The van der Waals surface area contributed by atoms with Gasteiger partial charge in [-0.15, -0.1) is 0 Å². The van der Waals surface area contributed by atoms with Crippen molar-refractivity contribution in [1.82, 2.24) is 0 Å². The van der Waals surface area contributed by atoms with E-state index >= 15 is 0 Å². The first-order chi connectivity index (χ1) is 15.7. The number of ether oxygens (including phenoxy) is 2. The third-order valence-corrected chi connectivity index (χ3v) is 6.44. The number of unbranched alkanes of at least 4 members (excludes halogenated alkanes) is 16. The van der Waals surface area contributed by atoms with E-state index in [1.807, 2.05) is 0 Å². The normalized spacial score (nSPS) is 23.5. The second-order valence-electron chi connectivity index (χ2n) is 9.43. The Morgan fingerprint density at radius 1 is 0.656 bits per heavy atom. The lowest BCUT2D eigenvalue weighted by atomic mass is 10.1. The fourth-order valence-electron chi connectivity index (χ4n) is 4.26. The summed E-state index contributed by atoms with van der Waals surface area (Å²) in [6.45, 7) is 2.48. The summed E-state index contributed by atoms with van der Waals surface area (Å²) in [7, 11) is 0. The molecule has 0 saturated carbocycles. The van der Waals surface area contributed by atoms with Gasteiger partial charge in [-0.1, -0.05) is 103 Å². The molecule has 4 atom stereocenters. The van der Waals surface area contributed by atoms with Crippen LogP contribution in [0.5, 0.6) is 0 Å². The average molecular weight is 457 g/mol. The molecule has 0 aromatic heterocycles. The van der Waals surface area contributed by atoms with Crippen molar-refractivity contribution in [2.24, 2.45) is 0 Å². The van der Waals surface area contributed by atoms with Crippen LogP contribution in [0.25, 0.3) is 0 Å². The SMILES string of the molecule is CCCCCCCCC=CCCCCCCCCCCCCOC1O[C@H](CO)[C@@H](O)[C@@H]1O. The van der Waals surface area contributed by atoms with E-state index < -0.39 is 24.6 Å². The van der Waals surface area contributed by atoms with E-state index in [9.17, 15) is 10.2 Å². The largest absolute Gasteiger partial charge is 0.394 e. The Labute approximate surface area is 197 Å². The summed E-state index contributed by atoms with van der Waals surface area (Å²) in [4.78, 5) is 0. The molecule has 3 N–H and O–H groups in total. The zero-order chi connectivity index (χ0) is 23.3. The standard InChI is InChI=1S/C27H52O5/c1-2-3-4-5-6-7-8-9-10-11-12-13-14-15-16-17-18-19-20-21-22-31-27-26(30)25(29)24(23-28)32-27/h9-10,24-30H,2-8,11-23H2,1H3/t24-,25-,26+,27?/m1/s1. The number of hydrogen-bond donors (Lipinski definition) is 3. The molecule has 1 saturated heterocycles. The predicted octanol–water partition coefficient (Wildman–Crippen LogP) is 6.04. The van der Waals surface area contributed by atoms with E-state index in [0.717, 1.165) is 12.8 Å². The summed E-state index contributed by atoms with van der Waals surface area (Å²) < 4.78 is 10.8. The summed E-state index contributed by atoms with van der Waals surface area (Å²) in [6, 6.07) is 0. The van der Waals surface area contributed by atoms with Crippen molar-refractivity contribution in [3.8, 4) is 0 Å². The molecule has 32 heavy (non-hydrogen) atoms. The van der Waals surface area contributed by atoms with E-state index in [1.54, 1.807) is 0 Å². The van der Waals surface area contributed by atoms with Crippen LogP contribution in [0.3, 0.4) is 0 Å². The van der Waals surface area contributed by atoms with Gasteiger partial charge in [0, 0.05) is 6.61 Å². The third-order valence-electron chi connectivity index (χ3n) is 6.44. The molecular formula is C27H52O5. The molecule has 190 valence electrons. The Kier molecular flexibility index (Phi) is 19.5. The maximum absolute atomic E-state index is 9.81. The number of aliphatic hydroxyl groups excluding tert-OH is 3. The van der Waals surface area contributed by atoms with Crippen molar-refractivity contribution < 1.29 is 24.8 Å². The summed E-state index contributed by atoms with van der Waals surface area (Å²) in [6.07, 6.45) is 24.5. The smallest absolute Gasteiger partial charge is 0.186 e. The molecule has 1 aliphatic rings. The average Bonchev–Trinajstić information content (AvgIpc) is 3.08. The number of allylic oxidation sites excluding steroid dienone is 2. The van der Waals surface area contributed by atoms with E-state index in [1.165, 1.54) is 103 Å². The van der Waals surface area contributed by atoms with Crippen molar-refractivity contribution >= 4 is 0 Å². The van der Waals surface area contributed by atoms with Gasteiger partial charge in [0.05, 0.1) is 6.61 Å². The molecule has 1 fully saturated rings. The molecule has 0 amide bonds. The molecule has 1 unspecified atom stereocenters. The monoisotopic (exact) mass is 456 g/mol. The first kappa shape index (κ1) is 29.6. The van der Waals surface area contributed by atoms with Crippen LogP contribution < -0.4 is 0 Å². The first-order valence-electron chi connectivity index (χ1n) is 13.6. The molecule has 0 spiro atoms. The Bertz CT molecular complexity index is 428. The highest BCUT2D eigenvalue weighted by Gasteiger charge is 2.42. The van der Waals surface area contributed by atoms with Crippen LogP contribution >= 0.6 is 0 Å². The molecule has 0 bridgehead atoms. The van der Waals surface area contributed by atoms with Crippen LogP contribution in [-0.4, -0.2) is 53.1 Å². The summed E-state index contributed by atoms with van der Waals surface area (Å²) >= 11 is 0. The van der Waals surface area contributed by atoms with E-state index in [4.69, 9.17) is 14.6 Å². The van der Waals surface area contributed by atoms with Crippen molar-refractivity contribution in [3.05, 3.63) is 12.2 Å². The lowest BCUT2D eigenvalue weighted by molar-refractivity contribution is -0.169. The highest BCUT2D eigenvalue weighted by molar-refractivity contribution is 4.86. The van der Waals surface area contributed by atoms with Crippen LogP contribution in [0.2, 0.25) is 0 Å². The number of aliphatic hydroxyl groups is 3. The number of rotatable bonds is 22. The van der Waals surface area contributed by atoms with Gasteiger partial charge in [0.2, 0.25) is 0 Å². The fourth-order valence-corrected chi connectivity index (χ4v) is 4.26. The summed E-state index contributed by atoms with van der Waals surface area (Å²) in [5, 5.41) is 28.6. The minimum atomic E-state index is -1.08. The van der Waals surface area contributed by atoms with Crippen molar-refractivity contribution in [3.63, 3.8) is 0 Å². The van der Waals surface area contributed by atoms with Crippen LogP contribution in [0, 0.1) is 0 Å². The van der Waals surface area contributed by atoms with Crippen LogP contribution in [0.15, 0.2) is 12.2 Å². The Morgan fingerprint density at radius 2 is 1.12 bits per heavy atom. The maximum atomic E-state index is 9.81. The molecule has 0 radical (unpaired) electrons. The van der Waals surface area contributed by atoms with Gasteiger partial charge in [0.1, 0.15) is 18.3 Å². The van der Waals surface area contributed by atoms with Gasteiger partial charge in [-0.2, -0.15) is 0 Å². The minimum absolute atomic E-state index is 0.311. The highest BCUT2D eigenvalue weighted by atomic mass is 16.7. The van der Waals surface area contributed by atoms with Crippen LogP contribution in [0.1, 0.15) is 122 Å². The lowest BCUT2D eigenvalue weighted by Crippen LogP contribution is -2.34. The Balaban J connectivity index is 1.75. The quantitative estimate of drug-likeness (QED) is 0.137. The van der Waals surface area contributed by atoms with Gasteiger partial charge >= 0.3 is 0 Å². The molecule has 1 rings (SSSR count). The molecule has 1 heterocycles. The molecular weight excluding hydrogens is 404 g/mol. The molecule has 0 aromatic carbocycles. The first-order valence-corrected chi connectivity index (χ1v) is 13.6. The number of hydrogen-bond acceptors (Lipinski definition) is 5. The minimum Gasteiger partial charge on any atom is -0.394 e. The third kappa shape index (κ3) is 14.6. The van der Waals surface area contributed by atoms with E-state index in [0.29, 0.717) is 6.61 Å². The Hall–Kier alpha value is -0.460. The van der Waals surface area contributed by atoms with Gasteiger partial charge < -0.3 is 24.8 Å². The molecule has 0 aromatic rings. The van der Waals surface area contributed by atoms with Gasteiger partial charge in [0.15, 0.2) is 6.29 Å². The molecule has 5 heteroatoms. The van der Waals surface area contributed by atoms with E-state index in [2.05, 4.69) is 19.1 Å². The zero-order valence-electron chi connectivity index (χ0n) is 20.8. The second-order valence-corrected chi connectivity index (χ2v) is 9.43. The maximum Gasteiger partial charge on any atom is 0.186 e. The summed E-state index contributed by atoms with van der Waals surface area (Å²) in [5.74, 6) is 0. The highest BCUT2D eigenvalue weighted by Crippen LogP contribution is 2.22. The van der Waals surface area contributed by atoms with Gasteiger partial charge in [-0.05, 0) is 32.1 Å². The van der Waals surface area contributed by atoms with Gasteiger partial charge in [-0.25, -0.2) is 0 Å². The van der Waals surface area contributed by atoms with Crippen molar-refractivity contribution in [1.29, 1.82) is 0 Å². The van der Waals surface area contributed by atoms with Gasteiger partial charge in [-0.3, -0.25) is 0 Å². The molecule has 1 aliphatic heterocycles. The lowest BCUT2D eigenvalue weighted by Gasteiger charge is -2.15. The molecule has 5 nitrogen and oxygen atoms in total. The van der Waals surface area contributed by atoms with Crippen LogP contribution in [0.4, 0.5) is 0 Å². The topological polar surface area (TPSA) is 79.2 Å².